The molecule has 0 aliphatic carbocycles. The van der Waals surface area contributed by atoms with Gasteiger partial charge in [-0.1, -0.05) is 30.3 Å². The molecule has 1 N–H and O–H groups in total. The second-order valence-corrected chi connectivity index (χ2v) is 8.60. The minimum Gasteiger partial charge on any atom is -0.497 e. The first-order valence-electron chi connectivity index (χ1n) is 11.5. The highest BCUT2D eigenvalue weighted by Gasteiger charge is 2.18. The topological polar surface area (TPSA) is 65.4 Å². The highest BCUT2D eigenvalue weighted by molar-refractivity contribution is 5.79. The molecule has 1 heterocycles. The smallest absolute Gasteiger partial charge is 0.224 e. The number of aryl methyl sites for hydroxylation is 2. The zero-order valence-corrected chi connectivity index (χ0v) is 20.2. The number of imidazole rings is 1. The third kappa shape index (κ3) is 5.57. The summed E-state index contributed by atoms with van der Waals surface area (Å²) in [5.41, 5.74) is 5.22. The van der Waals surface area contributed by atoms with E-state index in [1.807, 2.05) is 61.5 Å². The fourth-order valence-corrected chi connectivity index (χ4v) is 4.22. The number of fused-ring (bicyclic) bond motifs is 1. The molecule has 6 heteroatoms. The Kier molecular flexibility index (Phi) is 7.16. The van der Waals surface area contributed by atoms with E-state index in [1.165, 1.54) is 11.1 Å². The zero-order valence-electron chi connectivity index (χ0n) is 20.2. The van der Waals surface area contributed by atoms with Crippen LogP contribution in [-0.4, -0.2) is 29.2 Å². The molecule has 1 aromatic heterocycles. The highest BCUT2D eigenvalue weighted by Crippen LogP contribution is 2.22. The Morgan fingerprint density at radius 3 is 2.41 bits per heavy atom. The Labute approximate surface area is 200 Å². The third-order valence-corrected chi connectivity index (χ3v) is 5.75. The minimum absolute atomic E-state index is 0.0530. The Bertz CT molecular complexity index is 1260. The van der Waals surface area contributed by atoms with Gasteiger partial charge in [-0.15, -0.1) is 0 Å². The van der Waals surface area contributed by atoms with E-state index >= 15 is 0 Å². The monoisotopic (exact) mass is 457 g/mol. The van der Waals surface area contributed by atoms with Crippen molar-refractivity contribution in [3.63, 3.8) is 0 Å². The molecule has 0 saturated carbocycles. The van der Waals surface area contributed by atoms with Crippen LogP contribution in [0.1, 0.15) is 35.5 Å². The van der Waals surface area contributed by atoms with E-state index in [1.54, 1.807) is 7.11 Å². The summed E-state index contributed by atoms with van der Waals surface area (Å²) in [6, 6.07) is 21.5. The number of benzene rings is 3. The number of rotatable bonds is 9. The number of carbonyl (C=O) groups is 1. The lowest BCUT2D eigenvalue weighted by Gasteiger charge is -2.17. The van der Waals surface area contributed by atoms with E-state index in [-0.39, 0.29) is 11.9 Å². The molecule has 0 aliphatic heterocycles. The lowest BCUT2D eigenvalue weighted by Crippen LogP contribution is -2.30. The van der Waals surface area contributed by atoms with Gasteiger partial charge in [0.1, 0.15) is 23.9 Å². The van der Waals surface area contributed by atoms with Gasteiger partial charge in [0.15, 0.2) is 0 Å². The number of aromatic nitrogens is 2. The van der Waals surface area contributed by atoms with Crippen molar-refractivity contribution in [2.24, 2.45) is 0 Å². The van der Waals surface area contributed by atoms with Crippen molar-refractivity contribution in [1.82, 2.24) is 14.9 Å². The van der Waals surface area contributed by atoms with Gasteiger partial charge in [-0.3, -0.25) is 4.79 Å². The van der Waals surface area contributed by atoms with Crippen molar-refractivity contribution >= 4 is 16.9 Å². The fourth-order valence-electron chi connectivity index (χ4n) is 4.22. The van der Waals surface area contributed by atoms with E-state index in [9.17, 15) is 4.79 Å². The van der Waals surface area contributed by atoms with Gasteiger partial charge in [-0.2, -0.15) is 0 Å². The molecule has 0 radical (unpaired) electrons. The molecule has 0 bridgehead atoms. The molecule has 1 amide bonds. The first kappa shape index (κ1) is 23.4. The number of nitrogens with one attached hydrogen (secondary N) is 1. The highest BCUT2D eigenvalue weighted by atomic mass is 16.5. The van der Waals surface area contributed by atoms with E-state index in [0.29, 0.717) is 19.6 Å². The molecule has 4 rings (SSSR count). The van der Waals surface area contributed by atoms with Gasteiger partial charge in [-0.25, -0.2) is 4.98 Å². The van der Waals surface area contributed by atoms with Gasteiger partial charge in [0.2, 0.25) is 5.91 Å². The molecule has 1 atom stereocenters. The van der Waals surface area contributed by atoms with Crippen LogP contribution in [0.25, 0.3) is 11.0 Å². The van der Waals surface area contributed by atoms with Crippen LogP contribution in [0.4, 0.5) is 0 Å². The maximum atomic E-state index is 12.7. The van der Waals surface area contributed by atoms with Gasteiger partial charge in [0.05, 0.1) is 37.2 Å². The summed E-state index contributed by atoms with van der Waals surface area (Å²) in [5.74, 6) is 2.40. The SMILES string of the molecule is COc1ccc(CC(=O)NC(C)c2nc3ccccc3n2CCOc2cc(C)cc(C)c2)cc1. The molecule has 0 spiro atoms. The number of hydrogen-bond donors (Lipinski definition) is 1. The first-order valence-corrected chi connectivity index (χ1v) is 11.5. The van der Waals surface area contributed by atoms with Crippen LogP contribution in [-0.2, 0) is 17.8 Å². The van der Waals surface area contributed by atoms with E-state index in [0.717, 1.165) is 33.9 Å². The van der Waals surface area contributed by atoms with Gasteiger partial charge in [0, 0.05) is 0 Å². The molecular formula is C28H31N3O3. The number of amides is 1. The fraction of sp³-hybridized carbons (Fsp3) is 0.286. The number of ether oxygens (including phenoxy) is 2. The first-order chi connectivity index (χ1) is 16.4. The Balaban J connectivity index is 1.47. The van der Waals surface area contributed by atoms with Crippen molar-refractivity contribution in [1.29, 1.82) is 0 Å². The molecule has 4 aromatic rings. The summed E-state index contributed by atoms with van der Waals surface area (Å²) in [7, 11) is 1.63. The maximum Gasteiger partial charge on any atom is 0.224 e. The predicted molar refractivity (Wildman–Crippen MR) is 134 cm³/mol. The van der Waals surface area contributed by atoms with E-state index < -0.39 is 0 Å². The molecule has 34 heavy (non-hydrogen) atoms. The second-order valence-electron chi connectivity index (χ2n) is 8.60. The van der Waals surface area contributed by atoms with Crippen molar-refractivity contribution in [2.75, 3.05) is 13.7 Å². The predicted octanol–water partition coefficient (Wildman–Crippen LogP) is 5.16. The number of para-hydroxylation sites is 2. The van der Waals surface area contributed by atoms with Crippen molar-refractivity contribution in [2.45, 2.75) is 39.8 Å². The molecular weight excluding hydrogens is 426 g/mol. The Morgan fingerprint density at radius 1 is 1.00 bits per heavy atom. The molecule has 176 valence electrons. The molecule has 0 aliphatic rings. The molecule has 0 fully saturated rings. The molecule has 3 aromatic carbocycles. The molecule has 0 saturated heterocycles. The molecule has 6 nitrogen and oxygen atoms in total. The van der Waals surface area contributed by atoms with Crippen LogP contribution in [0.3, 0.4) is 0 Å². The number of hydrogen-bond acceptors (Lipinski definition) is 4. The van der Waals surface area contributed by atoms with Crippen molar-refractivity contribution in [3.8, 4) is 11.5 Å². The van der Waals surface area contributed by atoms with Crippen LogP contribution < -0.4 is 14.8 Å². The normalized spacial score (nSPS) is 11.9. The van der Waals surface area contributed by atoms with Gasteiger partial charge < -0.3 is 19.4 Å². The largest absolute Gasteiger partial charge is 0.497 e. The average Bonchev–Trinajstić information content (AvgIpc) is 3.18. The number of carbonyl (C=O) groups excluding carboxylic acids is 1. The number of methoxy groups -OCH3 is 1. The zero-order chi connectivity index (χ0) is 24.1. The third-order valence-electron chi connectivity index (χ3n) is 5.75. The summed E-state index contributed by atoms with van der Waals surface area (Å²) in [6.45, 7) is 7.23. The van der Waals surface area contributed by atoms with E-state index in [4.69, 9.17) is 14.5 Å². The summed E-state index contributed by atoms with van der Waals surface area (Å²) < 4.78 is 13.4. The Morgan fingerprint density at radius 2 is 1.71 bits per heavy atom. The van der Waals surface area contributed by atoms with Crippen LogP contribution in [0.15, 0.2) is 66.7 Å². The summed E-state index contributed by atoms with van der Waals surface area (Å²) in [4.78, 5) is 17.6. The average molecular weight is 458 g/mol. The summed E-state index contributed by atoms with van der Waals surface area (Å²) in [5, 5.41) is 3.10. The van der Waals surface area contributed by atoms with Crippen molar-refractivity contribution < 1.29 is 14.3 Å². The summed E-state index contributed by atoms with van der Waals surface area (Å²) >= 11 is 0. The van der Waals surface area contributed by atoms with Crippen LogP contribution >= 0.6 is 0 Å². The van der Waals surface area contributed by atoms with Gasteiger partial charge in [-0.05, 0) is 73.9 Å². The van der Waals surface area contributed by atoms with Gasteiger partial charge in [0.25, 0.3) is 0 Å². The second kappa shape index (κ2) is 10.4. The summed E-state index contributed by atoms with van der Waals surface area (Å²) in [6.07, 6.45) is 0.296. The lowest BCUT2D eigenvalue weighted by atomic mass is 10.1. The Hall–Kier alpha value is -3.80. The van der Waals surface area contributed by atoms with Crippen molar-refractivity contribution in [3.05, 3.63) is 89.2 Å². The van der Waals surface area contributed by atoms with Crippen LogP contribution in [0.2, 0.25) is 0 Å². The quantitative estimate of drug-likeness (QED) is 0.377. The minimum atomic E-state index is -0.251. The lowest BCUT2D eigenvalue weighted by molar-refractivity contribution is -0.121. The van der Waals surface area contributed by atoms with E-state index in [2.05, 4.69) is 35.9 Å². The van der Waals surface area contributed by atoms with Gasteiger partial charge >= 0.3 is 0 Å². The molecule has 1 unspecified atom stereocenters. The van der Waals surface area contributed by atoms with Crippen LogP contribution in [0.5, 0.6) is 11.5 Å². The van der Waals surface area contributed by atoms with Crippen LogP contribution in [0, 0.1) is 13.8 Å². The maximum absolute atomic E-state index is 12.7. The number of nitrogens with zero attached hydrogens (tertiary/aromatic N) is 2. The standard InChI is InChI=1S/C28H31N3O3/c1-19-15-20(2)17-24(16-19)34-14-13-31-26-8-6-5-7-25(26)30-28(31)21(3)29-27(32)18-22-9-11-23(33-4)12-10-22/h5-12,15-17,21H,13-14,18H2,1-4H3,(H,29,32).